The molecule has 0 bridgehead atoms. The van der Waals surface area contributed by atoms with Crippen LogP contribution < -0.4 is 21.3 Å². The van der Waals surface area contributed by atoms with Crippen LogP contribution in [0.25, 0.3) is 44.5 Å². The van der Waals surface area contributed by atoms with Gasteiger partial charge >= 0.3 is 0 Å². The van der Waals surface area contributed by atoms with Crippen LogP contribution in [-0.4, -0.2) is 6.71 Å². The predicted octanol–water partition coefficient (Wildman–Crippen LogP) is 8.97. The molecule has 0 saturated heterocycles. The second kappa shape index (κ2) is 10.0. The molecule has 0 atom stereocenters. The average molecular weight is 558 g/mol. The smallest absolute Gasteiger partial charge is 0.248 e. The van der Waals surface area contributed by atoms with Crippen molar-refractivity contribution >= 4 is 40.2 Å². The standard InChI is InChI=1S/C42H28BN/c1-4-12-29(13-5-1)32-20-23-35(24-21-32)44-40-27-33(30-14-6-2-7-15-30)22-25-39(40)43-38-19-11-10-18-36(38)37-26-34(28-41(44)42(37)43)31-16-8-3-9-17-31/h1-28H. The van der Waals surface area contributed by atoms with Gasteiger partial charge in [-0.1, -0.05) is 145 Å². The van der Waals surface area contributed by atoms with Gasteiger partial charge in [0.25, 0.3) is 0 Å². The van der Waals surface area contributed by atoms with Crippen molar-refractivity contribution in [3.05, 3.63) is 170 Å². The van der Waals surface area contributed by atoms with Crippen molar-refractivity contribution in [3.63, 3.8) is 0 Å². The Balaban J connectivity index is 1.32. The third-order valence-corrected chi connectivity index (χ3v) is 9.28. The summed E-state index contributed by atoms with van der Waals surface area (Å²) in [4.78, 5) is 2.50. The number of rotatable bonds is 4. The summed E-state index contributed by atoms with van der Waals surface area (Å²) < 4.78 is 0. The van der Waals surface area contributed by atoms with E-state index in [1.807, 2.05) is 0 Å². The third kappa shape index (κ3) is 3.88. The van der Waals surface area contributed by atoms with Crippen LogP contribution in [0.5, 0.6) is 0 Å². The van der Waals surface area contributed by atoms with E-state index in [4.69, 9.17) is 0 Å². The molecule has 0 fully saturated rings. The van der Waals surface area contributed by atoms with Crippen LogP contribution in [0.1, 0.15) is 0 Å². The number of anilines is 3. The molecule has 2 aliphatic heterocycles. The highest BCUT2D eigenvalue weighted by Gasteiger charge is 2.42. The number of benzene rings is 7. The van der Waals surface area contributed by atoms with Crippen LogP contribution in [-0.2, 0) is 0 Å². The van der Waals surface area contributed by atoms with Crippen LogP contribution in [0.4, 0.5) is 17.1 Å². The minimum Gasteiger partial charge on any atom is -0.311 e. The van der Waals surface area contributed by atoms with Crippen molar-refractivity contribution < 1.29 is 0 Å². The van der Waals surface area contributed by atoms with Gasteiger partial charge in [0.2, 0.25) is 6.71 Å². The lowest BCUT2D eigenvalue weighted by Crippen LogP contribution is -2.54. The summed E-state index contributed by atoms with van der Waals surface area (Å²) >= 11 is 0. The first-order chi connectivity index (χ1) is 21.8. The molecule has 2 aliphatic rings. The maximum absolute atomic E-state index is 2.50. The molecule has 9 rings (SSSR count). The molecule has 2 heterocycles. The summed E-state index contributed by atoms with van der Waals surface area (Å²) in [7, 11) is 0. The van der Waals surface area contributed by atoms with Crippen molar-refractivity contribution in [2.45, 2.75) is 0 Å². The lowest BCUT2D eigenvalue weighted by atomic mass is 9.37. The predicted molar refractivity (Wildman–Crippen MR) is 188 cm³/mol. The van der Waals surface area contributed by atoms with Crippen LogP contribution in [0, 0.1) is 0 Å². The second-order valence-electron chi connectivity index (χ2n) is 11.7. The van der Waals surface area contributed by atoms with E-state index >= 15 is 0 Å². The Hall–Kier alpha value is -5.60. The van der Waals surface area contributed by atoms with Crippen molar-refractivity contribution in [1.82, 2.24) is 0 Å². The number of fused-ring (bicyclic) bond motifs is 5. The third-order valence-electron chi connectivity index (χ3n) is 9.28. The molecule has 0 radical (unpaired) electrons. The Bertz CT molecular complexity index is 2150. The van der Waals surface area contributed by atoms with E-state index in [1.54, 1.807) is 0 Å². The van der Waals surface area contributed by atoms with Gasteiger partial charge in [-0.15, -0.1) is 0 Å². The summed E-state index contributed by atoms with van der Waals surface area (Å²) in [6, 6.07) is 62.1. The number of hydrogen-bond acceptors (Lipinski definition) is 1. The Morgan fingerprint density at radius 3 is 1.55 bits per heavy atom. The normalized spacial score (nSPS) is 12.5. The van der Waals surface area contributed by atoms with E-state index in [2.05, 4.69) is 175 Å². The lowest BCUT2D eigenvalue weighted by molar-refractivity contribution is 1.30. The van der Waals surface area contributed by atoms with E-state index in [-0.39, 0.29) is 6.71 Å². The highest BCUT2D eigenvalue weighted by atomic mass is 15.2. The van der Waals surface area contributed by atoms with Gasteiger partial charge in [-0.2, -0.15) is 0 Å². The van der Waals surface area contributed by atoms with Crippen molar-refractivity contribution in [2.24, 2.45) is 0 Å². The van der Waals surface area contributed by atoms with Crippen molar-refractivity contribution in [2.75, 3.05) is 4.90 Å². The van der Waals surface area contributed by atoms with E-state index in [9.17, 15) is 0 Å². The first-order valence-electron chi connectivity index (χ1n) is 15.3. The molecule has 7 aromatic rings. The van der Waals surface area contributed by atoms with E-state index < -0.39 is 0 Å². The van der Waals surface area contributed by atoms with Crippen molar-refractivity contribution in [3.8, 4) is 44.5 Å². The Morgan fingerprint density at radius 1 is 0.341 bits per heavy atom. The first-order valence-corrected chi connectivity index (χ1v) is 15.3. The SMILES string of the molecule is c1ccc(-c2ccc(N3c4cc(-c5ccccc5)ccc4B4c5ccccc5-c5cc(-c6ccccc6)cc3c54)cc2)cc1. The zero-order chi connectivity index (χ0) is 29.0. The van der Waals surface area contributed by atoms with Gasteiger partial charge in [-0.05, 0) is 85.8 Å². The molecule has 204 valence electrons. The number of hydrogen-bond donors (Lipinski definition) is 0. The fraction of sp³-hybridized carbons (Fsp3) is 0. The van der Waals surface area contributed by atoms with E-state index in [0.29, 0.717) is 0 Å². The molecule has 0 N–H and O–H groups in total. The van der Waals surface area contributed by atoms with Gasteiger partial charge in [-0.25, -0.2) is 0 Å². The fourth-order valence-corrected chi connectivity index (χ4v) is 7.25. The second-order valence-corrected chi connectivity index (χ2v) is 11.7. The quantitative estimate of drug-likeness (QED) is 0.195. The fourth-order valence-electron chi connectivity index (χ4n) is 7.25. The lowest BCUT2D eigenvalue weighted by Gasteiger charge is -2.36. The van der Waals surface area contributed by atoms with Crippen LogP contribution in [0.15, 0.2) is 170 Å². The summed E-state index contributed by atoms with van der Waals surface area (Å²) in [6.07, 6.45) is 0. The van der Waals surface area contributed by atoms with Gasteiger partial charge in [0.05, 0.1) is 0 Å². The molecule has 44 heavy (non-hydrogen) atoms. The van der Waals surface area contributed by atoms with Crippen LogP contribution in [0.2, 0.25) is 0 Å². The summed E-state index contributed by atoms with van der Waals surface area (Å²) in [5, 5.41) is 0. The van der Waals surface area contributed by atoms with Gasteiger partial charge in [0, 0.05) is 17.1 Å². The Kier molecular flexibility index (Phi) is 5.67. The molecular formula is C42H28BN. The molecule has 0 amide bonds. The molecular weight excluding hydrogens is 529 g/mol. The minimum absolute atomic E-state index is 0.195. The summed E-state index contributed by atoms with van der Waals surface area (Å²) in [6.45, 7) is 0.195. The topological polar surface area (TPSA) is 3.24 Å². The van der Waals surface area contributed by atoms with Crippen LogP contribution >= 0.6 is 0 Å². The Morgan fingerprint density at radius 2 is 0.864 bits per heavy atom. The number of nitrogens with zero attached hydrogens (tertiary/aromatic N) is 1. The molecule has 0 unspecified atom stereocenters. The minimum atomic E-state index is 0.195. The molecule has 2 heteroatoms. The summed E-state index contributed by atoms with van der Waals surface area (Å²) in [5.74, 6) is 0. The molecule has 7 aromatic carbocycles. The molecule has 1 nitrogen and oxygen atoms in total. The van der Waals surface area contributed by atoms with Crippen molar-refractivity contribution in [1.29, 1.82) is 0 Å². The maximum atomic E-state index is 2.50. The molecule has 0 saturated carbocycles. The van der Waals surface area contributed by atoms with Gasteiger partial charge in [-0.3, -0.25) is 0 Å². The van der Waals surface area contributed by atoms with Gasteiger partial charge < -0.3 is 4.90 Å². The highest BCUT2D eigenvalue weighted by Crippen LogP contribution is 2.44. The van der Waals surface area contributed by atoms with Gasteiger partial charge in [0.1, 0.15) is 0 Å². The Labute approximate surface area is 258 Å². The maximum Gasteiger partial charge on any atom is 0.248 e. The largest absolute Gasteiger partial charge is 0.311 e. The highest BCUT2D eigenvalue weighted by molar-refractivity contribution is 7.01. The zero-order valence-corrected chi connectivity index (χ0v) is 24.2. The van der Waals surface area contributed by atoms with E-state index in [1.165, 1.54) is 72.3 Å². The average Bonchev–Trinajstić information content (AvgIpc) is 3.44. The van der Waals surface area contributed by atoms with Gasteiger partial charge in [0.15, 0.2) is 0 Å². The molecule has 0 spiro atoms. The van der Waals surface area contributed by atoms with E-state index in [0.717, 1.165) is 5.69 Å². The first kappa shape index (κ1) is 25.0. The summed E-state index contributed by atoms with van der Waals surface area (Å²) in [5.41, 5.74) is 17.9. The molecule has 0 aromatic heterocycles. The van der Waals surface area contributed by atoms with Crippen LogP contribution in [0.3, 0.4) is 0 Å². The monoisotopic (exact) mass is 557 g/mol. The zero-order valence-electron chi connectivity index (χ0n) is 24.2. The molecule has 0 aliphatic carbocycles.